The lowest BCUT2D eigenvalue weighted by atomic mass is 10.0. The van der Waals surface area contributed by atoms with E-state index in [0.717, 1.165) is 11.3 Å². The fourth-order valence-corrected chi connectivity index (χ4v) is 1.92. The minimum atomic E-state index is -0.881. The van der Waals surface area contributed by atoms with Crippen molar-refractivity contribution in [2.45, 2.75) is 33.7 Å². The van der Waals surface area contributed by atoms with Crippen molar-refractivity contribution in [2.24, 2.45) is 5.92 Å². The molecule has 7 heteroatoms. The summed E-state index contributed by atoms with van der Waals surface area (Å²) in [6.07, 6.45) is 0. The predicted octanol–water partition coefficient (Wildman–Crippen LogP) is 1.83. The van der Waals surface area contributed by atoms with E-state index in [4.69, 9.17) is 9.52 Å². The monoisotopic (exact) mass is 264 g/mol. The zero-order valence-corrected chi connectivity index (χ0v) is 11.3. The highest BCUT2D eigenvalue weighted by atomic mass is 16.4. The maximum atomic E-state index is 11.1. The Hall–Kier alpha value is -2.18. The van der Waals surface area contributed by atoms with E-state index >= 15 is 0 Å². The third kappa shape index (κ3) is 2.35. The summed E-state index contributed by atoms with van der Waals surface area (Å²) in [6, 6.07) is 1.49. The number of nitrogens with zero attached hydrogens (tertiary/aromatic N) is 4. The molecule has 2 heterocycles. The zero-order chi connectivity index (χ0) is 14.2. The van der Waals surface area contributed by atoms with Crippen molar-refractivity contribution >= 4 is 5.97 Å². The number of hydrogen-bond donors (Lipinski definition) is 1. The van der Waals surface area contributed by atoms with Crippen molar-refractivity contribution in [1.82, 2.24) is 20.2 Å². The third-order valence-corrected chi connectivity index (χ3v) is 3.27. The molecule has 1 N–H and O–H groups in total. The molecule has 2 aromatic rings. The number of carboxylic acid groups (broad SMARTS) is 1. The molecule has 2 atom stereocenters. The normalized spacial score (nSPS) is 14.3. The molecule has 0 amide bonds. The fourth-order valence-electron chi connectivity index (χ4n) is 1.92. The molecule has 0 fully saturated rings. The number of hydrogen-bond acceptors (Lipinski definition) is 5. The first-order valence-corrected chi connectivity index (χ1v) is 6.00. The molecule has 0 bridgehead atoms. The Balaban J connectivity index is 2.43. The SMILES string of the molecule is Cc1cc(-c2nnnn2C(C)C(C)C(=O)O)c(C)o1. The van der Waals surface area contributed by atoms with Crippen LogP contribution in [0, 0.1) is 19.8 Å². The topological polar surface area (TPSA) is 94.0 Å². The largest absolute Gasteiger partial charge is 0.481 e. The van der Waals surface area contributed by atoms with Crippen LogP contribution in [0.25, 0.3) is 11.4 Å². The molecule has 0 saturated heterocycles. The van der Waals surface area contributed by atoms with Gasteiger partial charge in [0, 0.05) is 0 Å². The lowest BCUT2D eigenvalue weighted by Gasteiger charge is -2.16. The van der Waals surface area contributed by atoms with Gasteiger partial charge in [0.15, 0.2) is 5.82 Å². The average molecular weight is 264 g/mol. The second kappa shape index (κ2) is 4.83. The summed E-state index contributed by atoms with van der Waals surface area (Å²) in [5, 5.41) is 20.6. The Bertz CT molecular complexity index is 602. The van der Waals surface area contributed by atoms with Crippen LogP contribution < -0.4 is 0 Å². The molecule has 7 nitrogen and oxygen atoms in total. The van der Waals surface area contributed by atoms with Gasteiger partial charge in [-0.25, -0.2) is 4.68 Å². The van der Waals surface area contributed by atoms with Gasteiger partial charge in [0.25, 0.3) is 0 Å². The van der Waals surface area contributed by atoms with E-state index in [1.54, 1.807) is 13.8 Å². The lowest BCUT2D eigenvalue weighted by molar-refractivity contribution is -0.142. The Morgan fingerprint density at radius 2 is 2.11 bits per heavy atom. The van der Waals surface area contributed by atoms with E-state index in [-0.39, 0.29) is 6.04 Å². The summed E-state index contributed by atoms with van der Waals surface area (Å²) in [5.74, 6) is 0.532. The van der Waals surface area contributed by atoms with Gasteiger partial charge in [0.05, 0.1) is 17.5 Å². The lowest BCUT2D eigenvalue weighted by Crippen LogP contribution is -2.23. The Morgan fingerprint density at radius 3 is 2.63 bits per heavy atom. The number of carbonyl (C=O) groups is 1. The van der Waals surface area contributed by atoms with Gasteiger partial charge < -0.3 is 9.52 Å². The number of furan rings is 1. The second-order valence-corrected chi connectivity index (χ2v) is 4.64. The Morgan fingerprint density at radius 1 is 1.42 bits per heavy atom. The standard InChI is InChI=1S/C12H16N4O3/c1-6-5-10(9(4)19-6)11-13-14-15-16(11)8(3)7(2)12(17)18/h5,7-8H,1-4H3,(H,17,18). The number of aromatic nitrogens is 4. The van der Waals surface area contributed by atoms with Gasteiger partial charge in [-0.3, -0.25) is 4.79 Å². The third-order valence-electron chi connectivity index (χ3n) is 3.27. The van der Waals surface area contributed by atoms with Crippen molar-refractivity contribution in [3.8, 4) is 11.4 Å². The van der Waals surface area contributed by atoms with Gasteiger partial charge in [-0.15, -0.1) is 5.10 Å². The van der Waals surface area contributed by atoms with Crippen LogP contribution in [-0.4, -0.2) is 31.3 Å². The minimum absolute atomic E-state index is 0.350. The summed E-state index contributed by atoms with van der Waals surface area (Å²) in [6.45, 7) is 7.08. The molecule has 2 aromatic heterocycles. The molecule has 0 radical (unpaired) electrons. The molecule has 0 aliphatic heterocycles. The number of carboxylic acids is 1. The van der Waals surface area contributed by atoms with Crippen molar-refractivity contribution in [1.29, 1.82) is 0 Å². The molecular formula is C12H16N4O3. The molecule has 0 aliphatic carbocycles. The summed E-state index contributed by atoms with van der Waals surface area (Å²) in [7, 11) is 0. The van der Waals surface area contributed by atoms with Gasteiger partial charge in [-0.1, -0.05) is 0 Å². The second-order valence-electron chi connectivity index (χ2n) is 4.64. The van der Waals surface area contributed by atoms with Gasteiger partial charge in [0.1, 0.15) is 11.5 Å². The van der Waals surface area contributed by atoms with E-state index in [2.05, 4.69) is 15.5 Å². The quantitative estimate of drug-likeness (QED) is 0.905. The Kier molecular flexibility index (Phi) is 3.37. The van der Waals surface area contributed by atoms with E-state index in [1.807, 2.05) is 19.9 Å². The number of aliphatic carboxylic acids is 1. The van der Waals surface area contributed by atoms with Crippen LogP contribution in [0.5, 0.6) is 0 Å². The molecule has 19 heavy (non-hydrogen) atoms. The Labute approximate surface area is 110 Å². The van der Waals surface area contributed by atoms with Gasteiger partial charge in [-0.2, -0.15) is 0 Å². The highest BCUT2D eigenvalue weighted by Gasteiger charge is 2.26. The smallest absolute Gasteiger partial charge is 0.308 e. The molecule has 2 unspecified atom stereocenters. The van der Waals surface area contributed by atoms with Gasteiger partial charge >= 0.3 is 5.97 Å². The molecule has 0 saturated carbocycles. The van der Waals surface area contributed by atoms with Gasteiger partial charge in [-0.05, 0) is 44.2 Å². The van der Waals surface area contributed by atoms with Crippen molar-refractivity contribution in [3.63, 3.8) is 0 Å². The summed E-state index contributed by atoms with van der Waals surface area (Å²) < 4.78 is 6.98. The van der Waals surface area contributed by atoms with E-state index in [9.17, 15) is 4.79 Å². The average Bonchev–Trinajstić information content (AvgIpc) is 2.93. The van der Waals surface area contributed by atoms with Crippen LogP contribution in [0.3, 0.4) is 0 Å². The van der Waals surface area contributed by atoms with Crippen LogP contribution in [0.1, 0.15) is 31.4 Å². The van der Waals surface area contributed by atoms with Crippen LogP contribution in [0.2, 0.25) is 0 Å². The van der Waals surface area contributed by atoms with Crippen LogP contribution >= 0.6 is 0 Å². The molecule has 0 aromatic carbocycles. The van der Waals surface area contributed by atoms with Crippen LogP contribution in [0.15, 0.2) is 10.5 Å². The van der Waals surface area contributed by atoms with Crippen molar-refractivity contribution in [3.05, 3.63) is 17.6 Å². The number of aryl methyl sites for hydroxylation is 2. The summed E-state index contributed by atoms with van der Waals surface area (Å²) in [4.78, 5) is 11.1. The summed E-state index contributed by atoms with van der Waals surface area (Å²) >= 11 is 0. The molecule has 102 valence electrons. The molecule has 0 spiro atoms. The zero-order valence-electron chi connectivity index (χ0n) is 11.3. The first kappa shape index (κ1) is 13.3. The van der Waals surface area contributed by atoms with Gasteiger partial charge in [0.2, 0.25) is 0 Å². The maximum Gasteiger partial charge on any atom is 0.308 e. The number of tetrazole rings is 1. The van der Waals surface area contributed by atoms with E-state index < -0.39 is 11.9 Å². The van der Waals surface area contributed by atoms with E-state index in [1.165, 1.54) is 4.68 Å². The van der Waals surface area contributed by atoms with E-state index in [0.29, 0.717) is 11.6 Å². The first-order valence-electron chi connectivity index (χ1n) is 6.00. The minimum Gasteiger partial charge on any atom is -0.481 e. The van der Waals surface area contributed by atoms with Crippen molar-refractivity contribution in [2.75, 3.05) is 0 Å². The van der Waals surface area contributed by atoms with Crippen molar-refractivity contribution < 1.29 is 14.3 Å². The highest BCUT2D eigenvalue weighted by molar-refractivity contribution is 5.70. The molecular weight excluding hydrogens is 248 g/mol. The van der Waals surface area contributed by atoms with Crippen LogP contribution in [-0.2, 0) is 4.79 Å². The predicted molar refractivity (Wildman–Crippen MR) is 66.5 cm³/mol. The first-order chi connectivity index (χ1) is 8.91. The summed E-state index contributed by atoms with van der Waals surface area (Å²) in [5.41, 5.74) is 0.784. The molecule has 2 rings (SSSR count). The fraction of sp³-hybridized carbons (Fsp3) is 0.500. The molecule has 0 aliphatic rings. The van der Waals surface area contributed by atoms with Crippen LogP contribution in [0.4, 0.5) is 0 Å². The maximum absolute atomic E-state index is 11.1. The highest BCUT2D eigenvalue weighted by Crippen LogP contribution is 2.28. The number of rotatable bonds is 4.